The summed E-state index contributed by atoms with van der Waals surface area (Å²) in [6.45, 7) is 4.15. The minimum Gasteiger partial charge on any atom is -0.270 e. The van der Waals surface area contributed by atoms with Crippen LogP contribution in [0, 0.1) is 5.92 Å². The van der Waals surface area contributed by atoms with Crippen molar-refractivity contribution in [1.82, 2.24) is 9.80 Å². The maximum Gasteiger partial charge on any atom is 0.397 e. The molecule has 2 aromatic rings. The Kier molecular flexibility index (Phi) is 5.25. The molecule has 164 valence electrons. The van der Waals surface area contributed by atoms with Crippen molar-refractivity contribution in [2.75, 3.05) is 31.6 Å². The van der Waals surface area contributed by atoms with Gasteiger partial charge in [-0.2, -0.15) is 0 Å². The van der Waals surface area contributed by atoms with Gasteiger partial charge in [-0.1, -0.05) is 60.4 Å². The highest BCUT2D eigenvalue weighted by molar-refractivity contribution is 6.24. The van der Waals surface area contributed by atoms with E-state index in [0.29, 0.717) is 18.3 Å². The highest BCUT2D eigenvalue weighted by Gasteiger charge is 2.54. The maximum absolute atomic E-state index is 13.5. The molecule has 7 heteroatoms. The maximum atomic E-state index is 13.5. The number of anilines is 1. The Morgan fingerprint density at radius 2 is 1.72 bits per heavy atom. The van der Waals surface area contributed by atoms with Crippen molar-refractivity contribution in [3.63, 3.8) is 0 Å². The molecule has 2 unspecified atom stereocenters. The number of hydrogen-bond acceptors (Lipinski definition) is 4. The Morgan fingerprint density at radius 3 is 2.44 bits per heavy atom. The quantitative estimate of drug-likeness (QED) is 0.686. The average molecular weight is 431 g/mol. The van der Waals surface area contributed by atoms with Gasteiger partial charge in [0.1, 0.15) is 5.69 Å². The van der Waals surface area contributed by atoms with Gasteiger partial charge in [0.25, 0.3) is 5.91 Å². The first-order chi connectivity index (χ1) is 15.5. The van der Waals surface area contributed by atoms with E-state index in [1.54, 1.807) is 11.9 Å². The van der Waals surface area contributed by atoms with Gasteiger partial charge in [0, 0.05) is 19.5 Å². The lowest BCUT2D eigenvalue weighted by atomic mass is 10.1. The third-order valence-electron chi connectivity index (χ3n) is 6.39. The number of imide groups is 1. The van der Waals surface area contributed by atoms with E-state index in [9.17, 15) is 9.59 Å². The number of hydrogen-bond donors (Lipinski definition) is 0. The van der Waals surface area contributed by atoms with Crippen molar-refractivity contribution < 1.29 is 14.2 Å². The number of carbonyl (C=O) groups is 2. The number of rotatable bonds is 5. The molecule has 5 rings (SSSR count). The van der Waals surface area contributed by atoms with Crippen LogP contribution in [0.2, 0.25) is 0 Å². The highest BCUT2D eigenvalue weighted by atomic mass is 16.2. The first-order valence-corrected chi connectivity index (χ1v) is 11.2. The molecule has 0 radical (unpaired) electrons. The van der Waals surface area contributed by atoms with Gasteiger partial charge in [-0.05, 0) is 30.5 Å². The van der Waals surface area contributed by atoms with Crippen LogP contribution in [0.5, 0.6) is 0 Å². The number of amidine groups is 1. The molecule has 3 aliphatic heterocycles. The molecule has 2 aromatic carbocycles. The van der Waals surface area contributed by atoms with Crippen LogP contribution in [-0.2, 0) is 11.2 Å². The van der Waals surface area contributed by atoms with Crippen LogP contribution in [0.4, 0.5) is 10.5 Å². The molecule has 0 saturated carbocycles. The second-order valence-electron chi connectivity index (χ2n) is 8.80. The van der Waals surface area contributed by atoms with Gasteiger partial charge in [0.05, 0.1) is 13.1 Å². The molecular formula is C25H28N5O2+. The molecule has 0 N–H and O–H groups in total. The fourth-order valence-electron chi connectivity index (χ4n) is 4.82. The summed E-state index contributed by atoms with van der Waals surface area (Å²) >= 11 is 0. The Balaban J connectivity index is 1.41. The number of aryl methyl sites for hydroxylation is 1. The number of para-hydroxylation sites is 1. The summed E-state index contributed by atoms with van der Waals surface area (Å²) in [5.41, 5.74) is 2.25. The van der Waals surface area contributed by atoms with E-state index >= 15 is 0 Å². The van der Waals surface area contributed by atoms with E-state index in [1.165, 1.54) is 10.5 Å². The predicted molar refractivity (Wildman–Crippen MR) is 124 cm³/mol. The molecule has 0 aliphatic carbocycles. The van der Waals surface area contributed by atoms with Gasteiger partial charge in [0.15, 0.2) is 0 Å². The molecule has 1 saturated heterocycles. The number of likely N-dealkylation sites (N-methyl/N-ethyl adjacent to an activating group) is 1. The summed E-state index contributed by atoms with van der Waals surface area (Å²) in [4.78, 5) is 36.5. The lowest BCUT2D eigenvalue weighted by Crippen LogP contribution is -2.63. The number of nitrogens with zero attached hydrogens (tertiary/aromatic N) is 5. The van der Waals surface area contributed by atoms with Crippen molar-refractivity contribution in [2.45, 2.75) is 25.8 Å². The van der Waals surface area contributed by atoms with Gasteiger partial charge in [0.2, 0.25) is 11.9 Å². The van der Waals surface area contributed by atoms with E-state index in [2.05, 4.69) is 40.7 Å². The second kappa shape index (κ2) is 8.22. The number of urea groups is 1. The summed E-state index contributed by atoms with van der Waals surface area (Å²) in [5.74, 6) is 1.48. The molecule has 32 heavy (non-hydrogen) atoms. The van der Waals surface area contributed by atoms with Crippen LogP contribution in [0.1, 0.15) is 18.9 Å². The average Bonchev–Trinajstić information content (AvgIpc) is 3.20. The Hall–Kier alpha value is -3.48. The number of fused-ring (bicyclic) bond motifs is 2. The number of benzene rings is 2. The molecule has 0 aromatic heterocycles. The molecule has 1 fully saturated rings. The largest absolute Gasteiger partial charge is 0.397 e. The van der Waals surface area contributed by atoms with Crippen LogP contribution < -0.4 is 4.90 Å². The Bertz CT molecular complexity index is 1100. The fraction of sp³-hybridized carbons (Fsp3) is 0.360. The van der Waals surface area contributed by atoms with Gasteiger partial charge < -0.3 is 0 Å². The van der Waals surface area contributed by atoms with E-state index < -0.39 is 6.04 Å². The van der Waals surface area contributed by atoms with Crippen molar-refractivity contribution in [3.8, 4) is 0 Å². The van der Waals surface area contributed by atoms with Crippen molar-refractivity contribution in [1.29, 1.82) is 0 Å². The number of guanidine groups is 1. The lowest BCUT2D eigenvalue weighted by molar-refractivity contribution is -0.545. The summed E-state index contributed by atoms with van der Waals surface area (Å²) in [6.07, 6.45) is 1.56. The predicted octanol–water partition coefficient (Wildman–Crippen LogP) is 2.82. The van der Waals surface area contributed by atoms with E-state index in [-0.39, 0.29) is 11.9 Å². The van der Waals surface area contributed by atoms with Gasteiger partial charge >= 0.3 is 12.0 Å². The van der Waals surface area contributed by atoms with Crippen LogP contribution in [0.25, 0.3) is 0 Å². The van der Waals surface area contributed by atoms with Crippen LogP contribution in [-0.4, -0.2) is 70.8 Å². The molecule has 3 heterocycles. The minimum absolute atomic E-state index is 0.169. The summed E-state index contributed by atoms with van der Waals surface area (Å²) < 4.78 is 2.08. The second-order valence-corrected chi connectivity index (χ2v) is 8.80. The molecular weight excluding hydrogens is 402 g/mol. The highest BCUT2D eigenvalue weighted by Crippen LogP contribution is 2.28. The van der Waals surface area contributed by atoms with Crippen molar-refractivity contribution in [3.05, 3.63) is 66.2 Å². The summed E-state index contributed by atoms with van der Waals surface area (Å²) in [6, 6.07) is 19.4. The monoisotopic (exact) mass is 430 g/mol. The summed E-state index contributed by atoms with van der Waals surface area (Å²) in [7, 11) is 1.72. The number of amides is 3. The zero-order valence-electron chi connectivity index (χ0n) is 18.5. The third kappa shape index (κ3) is 3.47. The zero-order valence-corrected chi connectivity index (χ0v) is 18.5. The topological polar surface area (TPSA) is 59.2 Å². The molecule has 2 atom stereocenters. The number of aliphatic imine (C=N–C) groups is 1. The third-order valence-corrected chi connectivity index (χ3v) is 6.39. The molecule has 3 amide bonds. The molecule has 0 spiro atoms. The van der Waals surface area contributed by atoms with Gasteiger partial charge in [-0.3, -0.25) is 14.6 Å². The smallest absolute Gasteiger partial charge is 0.270 e. The van der Waals surface area contributed by atoms with Crippen LogP contribution >= 0.6 is 0 Å². The van der Waals surface area contributed by atoms with Crippen molar-refractivity contribution in [2.24, 2.45) is 10.9 Å². The van der Waals surface area contributed by atoms with E-state index in [0.717, 1.165) is 37.6 Å². The molecule has 7 nitrogen and oxygen atoms in total. The van der Waals surface area contributed by atoms with E-state index in [4.69, 9.17) is 4.99 Å². The van der Waals surface area contributed by atoms with Crippen LogP contribution in [0.3, 0.4) is 0 Å². The SMILES string of the molecule is CC1CN(c2ccccc2)C2=[N+](C1)C1C(=O)N(CCCc3ccccc3)C(=O)N(C)C1=N2. The molecule has 0 bridgehead atoms. The lowest BCUT2D eigenvalue weighted by Gasteiger charge is -2.35. The van der Waals surface area contributed by atoms with E-state index in [1.807, 2.05) is 36.4 Å². The molecule has 3 aliphatic rings. The van der Waals surface area contributed by atoms with Crippen molar-refractivity contribution >= 4 is 29.4 Å². The normalized spacial score (nSPS) is 22.8. The van der Waals surface area contributed by atoms with Gasteiger partial charge in [-0.25, -0.2) is 14.3 Å². The first-order valence-electron chi connectivity index (χ1n) is 11.2. The first kappa shape index (κ1) is 20.4. The standard InChI is InChI=1S/C25H28N5O2/c1-18-16-29(20-13-7-4-8-14-20)24-26-22-21(30(24)17-18)23(31)28(25(32)27(22)2)15-9-12-19-10-5-3-6-11-19/h3-8,10-11,13-14,18,21H,9,12,15-17H2,1-2H3/q+1. The number of carbonyl (C=O) groups excluding carboxylic acids is 2. The zero-order chi connectivity index (χ0) is 22.2. The minimum atomic E-state index is -0.543. The Morgan fingerprint density at radius 1 is 1.03 bits per heavy atom. The van der Waals surface area contributed by atoms with Gasteiger partial charge in [-0.15, -0.1) is 0 Å². The summed E-state index contributed by atoms with van der Waals surface area (Å²) in [5, 5.41) is 0. The van der Waals surface area contributed by atoms with Crippen LogP contribution in [0.15, 0.2) is 65.7 Å². The Labute approximate surface area is 188 Å². The fourth-order valence-corrected chi connectivity index (χ4v) is 4.82.